The Morgan fingerprint density at radius 1 is 1.12 bits per heavy atom. The van der Waals surface area contributed by atoms with Gasteiger partial charge in [-0.2, -0.15) is 0 Å². The van der Waals surface area contributed by atoms with Gasteiger partial charge in [0.25, 0.3) is 5.56 Å². The van der Waals surface area contributed by atoms with Crippen molar-refractivity contribution in [1.82, 2.24) is 23.9 Å². The number of imidazole rings is 1. The Kier molecular flexibility index (Phi) is 10.1. The van der Waals surface area contributed by atoms with Crippen LogP contribution < -0.4 is 5.56 Å². The molecule has 0 aliphatic heterocycles. The molecule has 0 saturated heterocycles. The minimum absolute atomic E-state index is 0.0349. The first-order valence-electron chi connectivity index (χ1n) is 14.3. The quantitative estimate of drug-likeness (QED) is 0.277. The van der Waals surface area contributed by atoms with Crippen LogP contribution in [-0.4, -0.2) is 76.0 Å². The summed E-state index contributed by atoms with van der Waals surface area (Å²) >= 11 is 0. The number of ketones is 1. The molecule has 0 spiro atoms. The van der Waals surface area contributed by atoms with Crippen LogP contribution in [0, 0.1) is 17.6 Å². The molecule has 43 heavy (non-hydrogen) atoms. The molecule has 1 saturated carbocycles. The van der Waals surface area contributed by atoms with Crippen molar-refractivity contribution in [3.63, 3.8) is 0 Å². The van der Waals surface area contributed by atoms with Crippen LogP contribution in [0.5, 0.6) is 0 Å². The number of Topliss-reactive ketones (excluding diaryl/α,β-unsaturated/α-hetero) is 1. The molecule has 1 aromatic carbocycles. The molecule has 12 heteroatoms. The second kappa shape index (κ2) is 13.7. The number of ether oxygens (including phenoxy) is 1. The normalized spacial score (nSPS) is 13.8. The van der Waals surface area contributed by atoms with Crippen molar-refractivity contribution in [2.24, 2.45) is 5.92 Å². The Bertz CT molecular complexity index is 1590. The number of carbonyl (C=O) groups excluding carboxylic acids is 3. The Morgan fingerprint density at radius 3 is 2.51 bits per heavy atom. The molecule has 2 heterocycles. The van der Waals surface area contributed by atoms with E-state index >= 15 is 0 Å². The van der Waals surface area contributed by atoms with Gasteiger partial charge in [0.15, 0.2) is 23.5 Å². The summed E-state index contributed by atoms with van der Waals surface area (Å²) in [6, 6.07) is 5.36. The zero-order valence-corrected chi connectivity index (χ0v) is 24.9. The number of hydrogen-bond donors (Lipinski definition) is 0. The van der Waals surface area contributed by atoms with Gasteiger partial charge in [0.1, 0.15) is 5.82 Å². The van der Waals surface area contributed by atoms with Crippen molar-refractivity contribution in [2.75, 3.05) is 28.2 Å². The van der Waals surface area contributed by atoms with Gasteiger partial charge in [-0.25, -0.2) is 18.6 Å². The molecule has 0 bridgehead atoms. The van der Waals surface area contributed by atoms with Crippen LogP contribution in [-0.2, 0) is 33.8 Å². The van der Waals surface area contributed by atoms with Gasteiger partial charge in [-0.15, -0.1) is 0 Å². The van der Waals surface area contributed by atoms with Crippen molar-refractivity contribution >= 4 is 28.8 Å². The number of benzene rings is 1. The summed E-state index contributed by atoms with van der Waals surface area (Å²) in [6.07, 6.45) is 6.02. The average Bonchev–Trinajstić information content (AvgIpc) is 3.73. The van der Waals surface area contributed by atoms with Gasteiger partial charge in [-0.05, 0) is 37.3 Å². The predicted octanol–water partition coefficient (Wildman–Crippen LogP) is 3.93. The molecule has 10 nitrogen and oxygen atoms in total. The van der Waals surface area contributed by atoms with Gasteiger partial charge in [0, 0.05) is 65.0 Å². The van der Waals surface area contributed by atoms with E-state index in [0.29, 0.717) is 35.7 Å². The first kappa shape index (κ1) is 31.6. The Hall–Kier alpha value is -4.35. The van der Waals surface area contributed by atoms with Crippen LogP contribution in [0.25, 0.3) is 11.0 Å². The van der Waals surface area contributed by atoms with E-state index < -0.39 is 35.2 Å². The highest BCUT2D eigenvalue weighted by atomic mass is 19.2. The lowest BCUT2D eigenvalue weighted by Gasteiger charge is -2.19. The Balaban J connectivity index is 1.54. The monoisotopic (exact) mass is 597 g/mol. The summed E-state index contributed by atoms with van der Waals surface area (Å²) in [6.45, 7) is 0.592. The summed E-state index contributed by atoms with van der Waals surface area (Å²) in [4.78, 5) is 57.9. The third-order valence-electron chi connectivity index (χ3n) is 7.37. The molecule has 2 aromatic heterocycles. The lowest BCUT2D eigenvalue weighted by Crippen LogP contribution is -2.35. The van der Waals surface area contributed by atoms with E-state index in [4.69, 9.17) is 4.74 Å². The van der Waals surface area contributed by atoms with Gasteiger partial charge < -0.3 is 23.7 Å². The third kappa shape index (κ3) is 8.14. The van der Waals surface area contributed by atoms with E-state index in [-0.39, 0.29) is 30.9 Å². The van der Waals surface area contributed by atoms with E-state index in [1.807, 2.05) is 4.57 Å². The predicted molar refractivity (Wildman–Crippen MR) is 157 cm³/mol. The zero-order valence-electron chi connectivity index (χ0n) is 24.9. The maximum Gasteiger partial charge on any atom is 0.409 e. The molecule has 1 aliphatic carbocycles. The molecular formula is C31H37F2N5O5. The van der Waals surface area contributed by atoms with Crippen molar-refractivity contribution in [2.45, 2.75) is 57.7 Å². The second-order valence-corrected chi connectivity index (χ2v) is 11.3. The van der Waals surface area contributed by atoms with E-state index in [1.54, 1.807) is 32.4 Å². The second-order valence-electron chi connectivity index (χ2n) is 11.3. The Morgan fingerprint density at radius 2 is 1.84 bits per heavy atom. The van der Waals surface area contributed by atoms with Crippen LogP contribution in [0.4, 0.5) is 13.6 Å². The summed E-state index contributed by atoms with van der Waals surface area (Å²) in [5.74, 6) is -1.56. The van der Waals surface area contributed by atoms with Gasteiger partial charge in [-0.3, -0.25) is 14.4 Å². The van der Waals surface area contributed by atoms with Crippen molar-refractivity contribution in [1.29, 1.82) is 0 Å². The summed E-state index contributed by atoms with van der Waals surface area (Å²) in [7, 11) is 6.23. The largest absolute Gasteiger partial charge is 0.438 e. The number of carbonyl (C=O) groups is 3. The lowest BCUT2D eigenvalue weighted by atomic mass is 10.0. The molecular weight excluding hydrogens is 560 g/mol. The van der Waals surface area contributed by atoms with E-state index in [9.17, 15) is 28.0 Å². The van der Waals surface area contributed by atoms with E-state index in [0.717, 1.165) is 31.4 Å². The Labute approximate surface area is 248 Å². The van der Waals surface area contributed by atoms with Crippen molar-refractivity contribution in [3.05, 3.63) is 76.0 Å². The molecule has 2 amide bonds. The molecule has 1 atom stereocenters. The summed E-state index contributed by atoms with van der Waals surface area (Å²) in [5, 5.41) is 0. The number of likely N-dealkylation sites (N-methyl/N-ethyl adjacent to an activating group) is 1. The number of amides is 2. The number of fused-ring (bicyclic) bond motifs is 1. The first-order valence-corrected chi connectivity index (χ1v) is 14.3. The number of hydrogen-bond acceptors (Lipinski definition) is 6. The van der Waals surface area contributed by atoms with Gasteiger partial charge in [-0.1, -0.05) is 25.0 Å². The van der Waals surface area contributed by atoms with E-state index in [1.165, 1.54) is 40.6 Å². The number of aromatic nitrogens is 3. The van der Waals surface area contributed by atoms with Crippen LogP contribution in [0.3, 0.4) is 0 Å². The minimum Gasteiger partial charge on any atom is -0.438 e. The van der Waals surface area contributed by atoms with Crippen LogP contribution in [0.1, 0.15) is 43.5 Å². The maximum atomic E-state index is 14.1. The molecule has 3 aromatic rings. The van der Waals surface area contributed by atoms with E-state index in [2.05, 4.69) is 4.98 Å². The topological polar surface area (TPSA) is 107 Å². The smallest absolute Gasteiger partial charge is 0.409 e. The number of pyridine rings is 1. The van der Waals surface area contributed by atoms with Crippen molar-refractivity contribution < 1.29 is 27.9 Å². The summed E-state index contributed by atoms with van der Waals surface area (Å²) in [5.41, 5.74) is 0.536. The standard InChI is InChI=1S/C31H37F2N5O5/c1-35(2)29(40)10-6-5-9-27(43-31(42)36(3)4)26(39)16-21-8-7-14-37(30(21)41)19-28-34-24-17-22(32)23(33)18-25(24)38(28)15-13-20-11-12-20/h6-8,10,14,17-18,20,27H,5,9,11-13,15-16,19H2,1-4H3/b10-6+/t27-/m0/s1. The number of aryl methyl sites for hydroxylation is 1. The molecule has 230 valence electrons. The van der Waals surface area contributed by atoms with Gasteiger partial charge in [0.2, 0.25) is 5.91 Å². The van der Waals surface area contributed by atoms with Gasteiger partial charge in [0.05, 0.1) is 17.6 Å². The SMILES string of the molecule is CN(C)C(=O)/C=C/CC[C@H](OC(=O)N(C)C)C(=O)Cc1cccn(Cc2nc3cc(F)c(F)cc3n2CCC2CC2)c1=O. The molecule has 0 unspecified atom stereocenters. The molecule has 0 N–H and O–H groups in total. The first-order chi connectivity index (χ1) is 20.4. The zero-order chi connectivity index (χ0) is 31.3. The fourth-order valence-corrected chi connectivity index (χ4v) is 4.65. The average molecular weight is 598 g/mol. The highest BCUT2D eigenvalue weighted by molar-refractivity contribution is 5.88. The highest BCUT2D eigenvalue weighted by Gasteiger charge is 2.25. The van der Waals surface area contributed by atoms with Crippen molar-refractivity contribution in [3.8, 4) is 0 Å². The minimum atomic E-state index is -1.13. The molecule has 0 radical (unpaired) electrons. The molecule has 1 fully saturated rings. The molecule has 1 aliphatic rings. The van der Waals surface area contributed by atoms with Crippen LogP contribution >= 0.6 is 0 Å². The number of nitrogens with zero attached hydrogens (tertiary/aromatic N) is 5. The highest BCUT2D eigenvalue weighted by Crippen LogP contribution is 2.33. The number of halogens is 2. The van der Waals surface area contributed by atoms with Crippen LogP contribution in [0.15, 0.2) is 47.4 Å². The number of allylic oxidation sites excluding steroid dienone is 1. The summed E-state index contributed by atoms with van der Waals surface area (Å²) < 4.78 is 36.7. The molecule has 4 rings (SSSR count). The fourth-order valence-electron chi connectivity index (χ4n) is 4.65. The number of rotatable bonds is 13. The third-order valence-corrected chi connectivity index (χ3v) is 7.37. The van der Waals surface area contributed by atoms with Crippen LogP contribution in [0.2, 0.25) is 0 Å². The van der Waals surface area contributed by atoms with Gasteiger partial charge >= 0.3 is 6.09 Å². The lowest BCUT2D eigenvalue weighted by molar-refractivity contribution is -0.127. The maximum absolute atomic E-state index is 14.1. The fraction of sp³-hybridized carbons (Fsp3) is 0.452.